The molecule has 9 nitrogen and oxygen atoms in total. The molecule has 11 N–H and O–H groups in total. The Balaban J connectivity index is 0.000000310. The van der Waals surface area contributed by atoms with Crippen LogP contribution in [-0.2, 0) is 0 Å². The number of hydrogen-bond acceptors (Lipinski definition) is 7. The Morgan fingerprint density at radius 1 is 1.46 bits per heavy atom. The molecule has 0 bridgehead atoms. The molecule has 0 aliphatic carbocycles. The van der Waals surface area contributed by atoms with Gasteiger partial charge in [-0.05, 0) is 0 Å². The van der Waals surface area contributed by atoms with Gasteiger partial charge in [0.1, 0.15) is 5.82 Å². The molecule has 0 fully saturated rings. The predicted octanol–water partition coefficient (Wildman–Crippen LogP) is -3.22. The van der Waals surface area contributed by atoms with Crippen molar-refractivity contribution in [2.24, 2.45) is 33.9 Å². The van der Waals surface area contributed by atoms with Gasteiger partial charge in [-0.1, -0.05) is 0 Å². The SMILES string of the molecule is NC(N)=O.NC1=CC(N)=NN(N)N1. The molecule has 1 rings (SSSR count). The van der Waals surface area contributed by atoms with Gasteiger partial charge in [-0.2, -0.15) is 0 Å². The van der Waals surface area contributed by atoms with Crippen molar-refractivity contribution >= 4 is 11.9 Å². The molecule has 9 heteroatoms. The Bertz CT molecular complexity index is 241. The van der Waals surface area contributed by atoms with E-state index in [9.17, 15) is 0 Å². The maximum absolute atomic E-state index is 9.00. The number of urea groups is 1. The third-order valence-electron chi connectivity index (χ3n) is 0.770. The number of amidine groups is 1. The third-order valence-corrected chi connectivity index (χ3v) is 0.770. The molecule has 0 atom stereocenters. The highest BCUT2D eigenvalue weighted by molar-refractivity contribution is 5.91. The number of hydrazine groups is 2. The van der Waals surface area contributed by atoms with Crippen molar-refractivity contribution in [2.45, 2.75) is 0 Å². The van der Waals surface area contributed by atoms with Gasteiger partial charge < -0.3 is 22.9 Å². The first kappa shape index (κ1) is 10.8. The highest BCUT2D eigenvalue weighted by atomic mass is 16.2. The summed E-state index contributed by atoms with van der Waals surface area (Å²) in [5.74, 6) is 5.81. The van der Waals surface area contributed by atoms with Gasteiger partial charge in [0.2, 0.25) is 0 Å². The smallest absolute Gasteiger partial charge is 0.309 e. The molecular weight excluding hydrogens is 176 g/mol. The van der Waals surface area contributed by atoms with Crippen molar-refractivity contribution in [3.63, 3.8) is 0 Å². The molecule has 1 heterocycles. The Labute approximate surface area is 74.1 Å². The van der Waals surface area contributed by atoms with Gasteiger partial charge in [0.25, 0.3) is 0 Å². The van der Waals surface area contributed by atoms with Gasteiger partial charge >= 0.3 is 6.03 Å². The molecule has 0 saturated carbocycles. The number of nitrogens with two attached hydrogens (primary N) is 5. The summed E-state index contributed by atoms with van der Waals surface area (Å²) < 4.78 is 0. The quantitative estimate of drug-likeness (QED) is 0.218. The van der Waals surface area contributed by atoms with Gasteiger partial charge in [-0.3, -0.25) is 5.43 Å². The van der Waals surface area contributed by atoms with Crippen LogP contribution in [0.25, 0.3) is 0 Å². The molecule has 0 unspecified atom stereocenters. The molecule has 1 aliphatic rings. The fourth-order valence-electron chi connectivity index (χ4n) is 0.502. The predicted molar refractivity (Wildman–Crippen MR) is 46.8 cm³/mol. The lowest BCUT2D eigenvalue weighted by molar-refractivity contribution is 0.224. The van der Waals surface area contributed by atoms with Gasteiger partial charge in [0.05, 0.1) is 0 Å². The summed E-state index contributed by atoms with van der Waals surface area (Å²) in [6.45, 7) is 0. The van der Waals surface area contributed by atoms with Crippen molar-refractivity contribution in [1.29, 1.82) is 0 Å². The van der Waals surface area contributed by atoms with Crippen LogP contribution in [0.2, 0.25) is 0 Å². The van der Waals surface area contributed by atoms with E-state index in [4.69, 9.17) is 22.1 Å². The standard InChI is InChI=1S/C3H8N6.CH4N2O/c4-2-1-3(5)8-9(6)7-2;2-1(3)4/h1,7H,4,6H2,(H2,5,8);(H4,2,3,4). The molecule has 2 amide bonds. The Hall–Kier alpha value is -2.16. The average molecular weight is 188 g/mol. The molecule has 0 aromatic rings. The van der Waals surface area contributed by atoms with E-state index in [1.165, 1.54) is 6.08 Å². The number of hydrazone groups is 1. The maximum atomic E-state index is 9.00. The lowest BCUT2D eigenvalue weighted by Gasteiger charge is -2.18. The minimum absolute atomic E-state index is 0.286. The highest BCUT2D eigenvalue weighted by Crippen LogP contribution is 1.87. The second-order valence-corrected chi connectivity index (χ2v) is 1.98. The second kappa shape index (κ2) is 4.66. The maximum Gasteiger partial charge on any atom is 0.309 e. The van der Waals surface area contributed by atoms with E-state index >= 15 is 0 Å². The molecule has 74 valence electrons. The largest absolute Gasteiger partial charge is 0.384 e. The fraction of sp³-hybridized carbons (Fsp3) is 0. The lowest BCUT2D eigenvalue weighted by atomic mass is 10.5. The molecule has 1 aliphatic heterocycles. The zero-order chi connectivity index (χ0) is 10.4. The van der Waals surface area contributed by atoms with Crippen LogP contribution in [-0.4, -0.2) is 17.1 Å². The highest BCUT2D eigenvalue weighted by Gasteiger charge is 2.01. The van der Waals surface area contributed by atoms with Gasteiger partial charge in [0, 0.05) is 6.08 Å². The van der Waals surface area contributed by atoms with E-state index in [2.05, 4.69) is 22.0 Å². The third kappa shape index (κ3) is 6.25. The summed E-state index contributed by atoms with van der Waals surface area (Å²) in [4.78, 5) is 9.00. The Morgan fingerprint density at radius 3 is 2.23 bits per heavy atom. The summed E-state index contributed by atoms with van der Waals surface area (Å²) in [6, 6.07) is -0.833. The van der Waals surface area contributed by atoms with Gasteiger partial charge in [-0.25, -0.2) is 10.6 Å². The molecule has 0 aromatic carbocycles. The van der Waals surface area contributed by atoms with Crippen molar-refractivity contribution in [3.05, 3.63) is 11.9 Å². The monoisotopic (exact) mass is 188 g/mol. The molecule has 0 saturated heterocycles. The number of amides is 2. The van der Waals surface area contributed by atoms with Gasteiger partial charge in [-0.15, -0.1) is 10.3 Å². The van der Waals surface area contributed by atoms with Crippen LogP contribution in [0.5, 0.6) is 0 Å². The van der Waals surface area contributed by atoms with E-state index in [1.807, 2.05) is 0 Å². The number of carbonyl (C=O) groups excluding carboxylic acids is 1. The number of rotatable bonds is 0. The first-order valence-corrected chi connectivity index (χ1v) is 3.09. The summed E-state index contributed by atoms with van der Waals surface area (Å²) in [6.07, 6.45) is 1.48. The first-order chi connectivity index (χ1) is 5.91. The average Bonchev–Trinajstić information content (AvgIpc) is 1.80. The Morgan fingerprint density at radius 2 is 1.92 bits per heavy atom. The van der Waals surface area contributed by atoms with Crippen molar-refractivity contribution < 1.29 is 4.79 Å². The van der Waals surface area contributed by atoms with Crippen LogP contribution in [0, 0.1) is 0 Å². The molecule has 0 aromatic heterocycles. The van der Waals surface area contributed by atoms with Crippen LogP contribution in [0.1, 0.15) is 0 Å². The van der Waals surface area contributed by atoms with Gasteiger partial charge in [0.15, 0.2) is 5.84 Å². The van der Waals surface area contributed by atoms with E-state index < -0.39 is 6.03 Å². The van der Waals surface area contributed by atoms with E-state index in [0.29, 0.717) is 5.82 Å². The van der Waals surface area contributed by atoms with Crippen molar-refractivity contribution in [3.8, 4) is 0 Å². The van der Waals surface area contributed by atoms with Crippen LogP contribution < -0.4 is 34.2 Å². The minimum Gasteiger partial charge on any atom is -0.384 e. The van der Waals surface area contributed by atoms with Crippen LogP contribution in [0.3, 0.4) is 0 Å². The Kier molecular flexibility index (Phi) is 3.89. The molecule has 13 heavy (non-hydrogen) atoms. The number of primary amides is 2. The van der Waals surface area contributed by atoms with Crippen molar-refractivity contribution in [1.82, 2.24) is 10.7 Å². The van der Waals surface area contributed by atoms with E-state index in [1.54, 1.807) is 0 Å². The topological polar surface area (TPSA) is 175 Å². The second-order valence-electron chi connectivity index (χ2n) is 1.98. The van der Waals surface area contributed by atoms with E-state index in [-0.39, 0.29) is 5.84 Å². The van der Waals surface area contributed by atoms with Crippen LogP contribution in [0.4, 0.5) is 4.79 Å². The molecular formula is C4H12N8O. The molecule has 0 radical (unpaired) electrons. The van der Waals surface area contributed by atoms with E-state index in [0.717, 1.165) is 5.23 Å². The minimum atomic E-state index is -0.833. The summed E-state index contributed by atoms with van der Waals surface area (Å²) >= 11 is 0. The van der Waals surface area contributed by atoms with Crippen LogP contribution >= 0.6 is 0 Å². The first-order valence-electron chi connectivity index (χ1n) is 3.09. The number of hydrogen-bond donors (Lipinski definition) is 6. The van der Waals surface area contributed by atoms with Crippen LogP contribution in [0.15, 0.2) is 17.0 Å². The molecule has 0 spiro atoms. The summed E-state index contributed by atoms with van der Waals surface area (Å²) in [5, 5.41) is 4.52. The number of nitrogens with zero attached hydrogens (tertiary/aromatic N) is 2. The fourth-order valence-corrected chi connectivity index (χ4v) is 0.502. The summed E-state index contributed by atoms with van der Waals surface area (Å²) in [7, 11) is 0. The zero-order valence-corrected chi connectivity index (χ0v) is 6.77. The zero-order valence-electron chi connectivity index (χ0n) is 6.77. The number of nitrogens with one attached hydrogen (secondary N) is 1. The normalized spacial score (nSPS) is 14.4. The lowest BCUT2D eigenvalue weighted by Crippen LogP contribution is -2.45. The number of carbonyl (C=O) groups is 1. The van der Waals surface area contributed by atoms with Crippen molar-refractivity contribution in [2.75, 3.05) is 0 Å². The summed E-state index contributed by atoms with van der Waals surface area (Å²) in [5.41, 5.74) is 21.5.